The molecule has 0 amide bonds. The molecule has 19 heavy (non-hydrogen) atoms. The van der Waals surface area contributed by atoms with E-state index in [1.807, 2.05) is 0 Å². The zero-order valence-electron chi connectivity index (χ0n) is 12.8. The summed E-state index contributed by atoms with van der Waals surface area (Å²) in [5.41, 5.74) is -0.245. The van der Waals surface area contributed by atoms with Crippen LogP contribution in [-0.2, 0) is 0 Å². The summed E-state index contributed by atoms with van der Waals surface area (Å²) in [6.45, 7) is 7.93. The van der Waals surface area contributed by atoms with Crippen molar-refractivity contribution >= 4 is 0 Å². The first kappa shape index (κ1) is 14.8. The van der Waals surface area contributed by atoms with Crippen LogP contribution in [0.4, 0.5) is 0 Å². The van der Waals surface area contributed by atoms with E-state index in [1.54, 1.807) is 0 Å². The fourth-order valence-electron chi connectivity index (χ4n) is 3.58. The Balaban J connectivity index is 2.03. The van der Waals surface area contributed by atoms with Gasteiger partial charge in [0.1, 0.15) is 5.54 Å². The molecule has 0 saturated heterocycles. The van der Waals surface area contributed by atoms with Gasteiger partial charge in [-0.15, -0.1) is 0 Å². The van der Waals surface area contributed by atoms with Crippen LogP contribution in [0, 0.1) is 11.3 Å². The minimum atomic E-state index is -0.245. The van der Waals surface area contributed by atoms with Crippen molar-refractivity contribution < 1.29 is 0 Å². The highest BCUT2D eigenvalue weighted by atomic mass is 15.2. The molecule has 2 aliphatic rings. The summed E-state index contributed by atoms with van der Waals surface area (Å²) in [7, 11) is 0. The van der Waals surface area contributed by atoms with E-state index in [2.05, 4.69) is 37.1 Å². The van der Waals surface area contributed by atoms with Crippen molar-refractivity contribution in [2.24, 2.45) is 0 Å². The second kappa shape index (κ2) is 6.24. The fourth-order valence-corrected chi connectivity index (χ4v) is 3.58. The van der Waals surface area contributed by atoms with Crippen molar-refractivity contribution in [3.05, 3.63) is 0 Å². The Kier molecular flexibility index (Phi) is 4.86. The second-order valence-electron chi connectivity index (χ2n) is 6.45. The number of nitrogens with one attached hydrogen (secondary N) is 1. The molecule has 0 aromatic rings. The summed E-state index contributed by atoms with van der Waals surface area (Å²) < 4.78 is 0. The lowest BCUT2D eigenvalue weighted by Gasteiger charge is -2.43. The molecule has 0 spiro atoms. The molecule has 2 saturated carbocycles. The minimum Gasteiger partial charge on any atom is -0.298 e. The molecule has 0 radical (unpaired) electrons. The first-order valence-electron chi connectivity index (χ1n) is 8.08. The van der Waals surface area contributed by atoms with E-state index in [-0.39, 0.29) is 5.54 Å². The molecule has 108 valence electrons. The van der Waals surface area contributed by atoms with Crippen molar-refractivity contribution in [2.75, 3.05) is 6.54 Å². The summed E-state index contributed by atoms with van der Waals surface area (Å²) in [5, 5.41) is 13.3. The van der Waals surface area contributed by atoms with E-state index in [4.69, 9.17) is 0 Å². The molecule has 0 heterocycles. The van der Waals surface area contributed by atoms with Crippen LogP contribution in [0.15, 0.2) is 0 Å². The van der Waals surface area contributed by atoms with Gasteiger partial charge in [-0.2, -0.15) is 5.26 Å². The predicted octanol–water partition coefficient (Wildman–Crippen LogP) is 3.06. The number of rotatable bonds is 6. The van der Waals surface area contributed by atoms with E-state index in [1.165, 1.54) is 32.1 Å². The fraction of sp³-hybridized carbons (Fsp3) is 0.938. The monoisotopic (exact) mass is 263 g/mol. The lowest BCUT2D eigenvalue weighted by molar-refractivity contribution is 0.0885. The molecule has 3 nitrogen and oxygen atoms in total. The molecule has 2 aliphatic carbocycles. The number of hydrogen-bond acceptors (Lipinski definition) is 3. The van der Waals surface area contributed by atoms with Crippen LogP contribution >= 0.6 is 0 Å². The van der Waals surface area contributed by atoms with Crippen LogP contribution < -0.4 is 5.32 Å². The summed E-state index contributed by atoms with van der Waals surface area (Å²) >= 11 is 0. The van der Waals surface area contributed by atoms with Crippen molar-refractivity contribution in [3.8, 4) is 6.07 Å². The van der Waals surface area contributed by atoms with E-state index in [0.717, 1.165) is 19.4 Å². The van der Waals surface area contributed by atoms with Crippen molar-refractivity contribution in [2.45, 2.75) is 89.4 Å². The Morgan fingerprint density at radius 2 is 2.11 bits per heavy atom. The van der Waals surface area contributed by atoms with Crippen LogP contribution in [0.3, 0.4) is 0 Å². The Morgan fingerprint density at radius 1 is 1.37 bits per heavy atom. The molecule has 2 fully saturated rings. The van der Waals surface area contributed by atoms with Crippen LogP contribution in [0.5, 0.6) is 0 Å². The van der Waals surface area contributed by atoms with Gasteiger partial charge in [0.2, 0.25) is 0 Å². The summed E-state index contributed by atoms with van der Waals surface area (Å²) in [6, 6.07) is 4.45. The number of hydrogen-bond donors (Lipinski definition) is 1. The van der Waals surface area contributed by atoms with Crippen LogP contribution in [-0.4, -0.2) is 35.1 Å². The van der Waals surface area contributed by atoms with Gasteiger partial charge in [0, 0.05) is 18.1 Å². The van der Waals surface area contributed by atoms with Crippen molar-refractivity contribution in [1.82, 2.24) is 10.2 Å². The van der Waals surface area contributed by atoms with Crippen LogP contribution in [0.25, 0.3) is 0 Å². The highest BCUT2D eigenvalue weighted by Gasteiger charge is 2.42. The third-order valence-corrected chi connectivity index (χ3v) is 4.99. The van der Waals surface area contributed by atoms with E-state index >= 15 is 0 Å². The molecule has 0 aliphatic heterocycles. The Hall–Kier alpha value is -0.590. The second-order valence-corrected chi connectivity index (χ2v) is 6.45. The van der Waals surface area contributed by atoms with Crippen molar-refractivity contribution in [1.29, 1.82) is 5.26 Å². The average molecular weight is 263 g/mol. The lowest BCUT2D eigenvalue weighted by Crippen LogP contribution is -2.54. The molecular weight excluding hydrogens is 234 g/mol. The standard InChI is InChI=1S/C16H29N3/c1-4-13(3)19(5-2)15-7-6-10-16(11-15,12-17)18-14-8-9-14/h13-15,18H,4-11H2,1-3H3. The maximum atomic E-state index is 9.66. The molecular formula is C16H29N3. The third kappa shape index (κ3) is 3.49. The van der Waals surface area contributed by atoms with E-state index in [0.29, 0.717) is 18.1 Å². The van der Waals surface area contributed by atoms with E-state index < -0.39 is 0 Å². The Morgan fingerprint density at radius 3 is 2.63 bits per heavy atom. The Labute approximate surface area is 118 Å². The van der Waals surface area contributed by atoms with Gasteiger partial charge >= 0.3 is 0 Å². The largest absolute Gasteiger partial charge is 0.298 e. The molecule has 1 N–H and O–H groups in total. The summed E-state index contributed by atoms with van der Waals surface area (Å²) in [5.74, 6) is 0. The van der Waals surface area contributed by atoms with Gasteiger partial charge in [-0.1, -0.05) is 13.8 Å². The molecule has 3 heteroatoms. The Bertz CT molecular complexity index is 331. The smallest absolute Gasteiger partial charge is 0.108 e. The average Bonchev–Trinajstić information content (AvgIpc) is 3.23. The molecule has 2 rings (SSSR count). The van der Waals surface area contributed by atoms with Gasteiger partial charge in [0.15, 0.2) is 0 Å². The van der Waals surface area contributed by atoms with Crippen LogP contribution in [0.2, 0.25) is 0 Å². The van der Waals surface area contributed by atoms with Gasteiger partial charge in [0.05, 0.1) is 6.07 Å². The topological polar surface area (TPSA) is 39.1 Å². The molecule has 3 unspecified atom stereocenters. The maximum Gasteiger partial charge on any atom is 0.108 e. The highest BCUT2D eigenvalue weighted by Crippen LogP contribution is 2.35. The maximum absolute atomic E-state index is 9.66. The van der Waals surface area contributed by atoms with Crippen molar-refractivity contribution in [3.63, 3.8) is 0 Å². The first-order chi connectivity index (χ1) is 9.14. The first-order valence-corrected chi connectivity index (χ1v) is 8.08. The van der Waals surface area contributed by atoms with Gasteiger partial charge in [-0.25, -0.2) is 0 Å². The summed E-state index contributed by atoms with van der Waals surface area (Å²) in [6.07, 6.45) is 8.21. The lowest BCUT2D eigenvalue weighted by atomic mass is 9.78. The minimum absolute atomic E-state index is 0.245. The molecule has 0 aromatic heterocycles. The van der Waals surface area contributed by atoms with Gasteiger partial charge in [-0.05, 0) is 58.4 Å². The van der Waals surface area contributed by atoms with Gasteiger partial charge < -0.3 is 0 Å². The van der Waals surface area contributed by atoms with Gasteiger partial charge in [0.25, 0.3) is 0 Å². The number of nitriles is 1. The molecule has 0 bridgehead atoms. The quantitative estimate of drug-likeness (QED) is 0.800. The summed E-state index contributed by atoms with van der Waals surface area (Å²) in [4.78, 5) is 2.61. The zero-order chi connectivity index (χ0) is 13.9. The molecule has 0 aromatic carbocycles. The SMILES string of the molecule is CCC(C)N(CC)C1CCCC(C#N)(NC2CC2)C1. The predicted molar refractivity (Wildman–Crippen MR) is 78.9 cm³/mol. The molecule has 3 atom stereocenters. The highest BCUT2D eigenvalue weighted by molar-refractivity contribution is 5.13. The normalized spacial score (nSPS) is 33.1. The third-order valence-electron chi connectivity index (χ3n) is 4.99. The van der Waals surface area contributed by atoms with Gasteiger partial charge in [-0.3, -0.25) is 10.2 Å². The van der Waals surface area contributed by atoms with Crippen LogP contribution in [0.1, 0.15) is 65.7 Å². The zero-order valence-corrected chi connectivity index (χ0v) is 12.8. The number of nitrogens with zero attached hydrogens (tertiary/aromatic N) is 2. The van der Waals surface area contributed by atoms with E-state index in [9.17, 15) is 5.26 Å².